The first-order valence-corrected chi connectivity index (χ1v) is 11.3. The number of aromatic nitrogens is 2. The van der Waals surface area contributed by atoms with Crippen molar-refractivity contribution in [2.75, 3.05) is 19.5 Å². The highest BCUT2D eigenvalue weighted by Gasteiger charge is 2.27. The number of rotatable bonds is 6. The number of thiophene rings is 1. The van der Waals surface area contributed by atoms with Crippen molar-refractivity contribution in [1.29, 1.82) is 0 Å². The van der Waals surface area contributed by atoms with Crippen molar-refractivity contribution in [3.05, 3.63) is 75.4 Å². The van der Waals surface area contributed by atoms with Crippen LogP contribution < -0.4 is 5.32 Å². The highest BCUT2D eigenvalue weighted by atomic mass is 35.5. The number of hydrogen-bond donors (Lipinski definition) is 1. The SMILES string of the molecule is COC(=O)c1sc(NC(=O)Cc2c(-c3ccc(Cl)cc3)nc3ccccn23)c(C(=O)OC)c1C. The highest BCUT2D eigenvalue weighted by molar-refractivity contribution is 7.18. The molecule has 8 nitrogen and oxygen atoms in total. The Hall–Kier alpha value is -3.69. The molecule has 3 aromatic heterocycles. The first-order chi connectivity index (χ1) is 16.3. The molecule has 0 atom stereocenters. The van der Waals surface area contributed by atoms with Crippen molar-refractivity contribution in [3.8, 4) is 11.3 Å². The van der Waals surface area contributed by atoms with Gasteiger partial charge < -0.3 is 19.2 Å². The Balaban J connectivity index is 1.71. The van der Waals surface area contributed by atoms with Gasteiger partial charge in [-0.25, -0.2) is 14.6 Å². The molecule has 0 saturated carbocycles. The molecule has 174 valence electrons. The lowest BCUT2D eigenvalue weighted by molar-refractivity contribution is -0.115. The van der Waals surface area contributed by atoms with Gasteiger partial charge in [0.25, 0.3) is 0 Å². The lowest BCUT2D eigenvalue weighted by Crippen LogP contribution is -2.17. The number of hydrogen-bond acceptors (Lipinski definition) is 7. The van der Waals surface area contributed by atoms with Crippen LogP contribution in [0.2, 0.25) is 5.02 Å². The molecule has 0 bridgehead atoms. The third kappa shape index (κ3) is 4.40. The Morgan fingerprint density at radius 3 is 2.44 bits per heavy atom. The smallest absolute Gasteiger partial charge is 0.348 e. The molecule has 4 rings (SSSR count). The molecule has 34 heavy (non-hydrogen) atoms. The van der Waals surface area contributed by atoms with Gasteiger partial charge in [0.05, 0.1) is 37.6 Å². The maximum absolute atomic E-state index is 13.1. The topological polar surface area (TPSA) is 99.0 Å². The van der Waals surface area contributed by atoms with E-state index in [-0.39, 0.29) is 27.8 Å². The van der Waals surface area contributed by atoms with Crippen molar-refractivity contribution < 1.29 is 23.9 Å². The fourth-order valence-corrected chi connectivity index (χ4v) is 4.87. The Labute approximate surface area is 204 Å². The summed E-state index contributed by atoms with van der Waals surface area (Å²) in [6.07, 6.45) is 1.79. The number of carbonyl (C=O) groups is 3. The van der Waals surface area contributed by atoms with Gasteiger partial charge in [0, 0.05) is 16.8 Å². The van der Waals surface area contributed by atoms with E-state index in [1.165, 1.54) is 14.2 Å². The van der Waals surface area contributed by atoms with E-state index in [1.807, 2.05) is 40.9 Å². The normalized spacial score (nSPS) is 10.8. The van der Waals surface area contributed by atoms with Crippen molar-refractivity contribution in [1.82, 2.24) is 9.38 Å². The number of nitrogens with one attached hydrogen (secondary N) is 1. The number of anilines is 1. The Morgan fingerprint density at radius 1 is 1.06 bits per heavy atom. The molecule has 4 aromatic rings. The standard InChI is InChI=1S/C24H20ClN3O5S/c1-13-19(23(30)32-2)22(34-21(13)24(31)33-3)27-18(29)12-16-20(14-7-9-15(25)10-8-14)26-17-6-4-5-11-28(16)17/h4-11H,12H2,1-3H3,(H,27,29). The number of fused-ring (bicyclic) bond motifs is 1. The number of imidazole rings is 1. The van der Waals surface area contributed by atoms with Crippen LogP contribution in [0, 0.1) is 6.92 Å². The Kier molecular flexibility index (Phi) is 6.67. The van der Waals surface area contributed by atoms with Crippen LogP contribution in [-0.2, 0) is 20.7 Å². The molecule has 0 saturated heterocycles. The van der Waals surface area contributed by atoms with Gasteiger partial charge in [-0.15, -0.1) is 11.3 Å². The van der Waals surface area contributed by atoms with Gasteiger partial charge in [0.2, 0.25) is 5.91 Å². The van der Waals surface area contributed by atoms with Gasteiger partial charge in [-0.05, 0) is 36.8 Å². The average molecular weight is 498 g/mol. The largest absolute Gasteiger partial charge is 0.465 e. The van der Waals surface area contributed by atoms with Gasteiger partial charge in [-0.3, -0.25) is 4.79 Å². The summed E-state index contributed by atoms with van der Waals surface area (Å²) in [5.41, 5.74) is 3.31. The molecule has 1 aromatic carbocycles. The van der Waals surface area contributed by atoms with E-state index in [4.69, 9.17) is 26.1 Å². The summed E-state index contributed by atoms with van der Waals surface area (Å²) in [5, 5.41) is 3.58. The number of pyridine rings is 1. The highest BCUT2D eigenvalue weighted by Crippen LogP contribution is 2.34. The van der Waals surface area contributed by atoms with E-state index < -0.39 is 11.9 Å². The maximum atomic E-state index is 13.1. The molecule has 1 amide bonds. The van der Waals surface area contributed by atoms with E-state index in [2.05, 4.69) is 5.32 Å². The van der Waals surface area contributed by atoms with Crippen molar-refractivity contribution >= 4 is 51.4 Å². The fraction of sp³-hybridized carbons (Fsp3) is 0.167. The van der Waals surface area contributed by atoms with Crippen LogP contribution in [0.1, 0.15) is 31.3 Å². The zero-order chi connectivity index (χ0) is 24.4. The van der Waals surface area contributed by atoms with Crippen LogP contribution in [0.3, 0.4) is 0 Å². The Morgan fingerprint density at radius 2 is 1.76 bits per heavy atom. The first kappa shape index (κ1) is 23.5. The second kappa shape index (κ2) is 9.66. The molecule has 0 aliphatic carbocycles. The van der Waals surface area contributed by atoms with Crippen LogP contribution in [0.25, 0.3) is 16.9 Å². The molecule has 1 N–H and O–H groups in total. The molecule has 0 aliphatic rings. The summed E-state index contributed by atoms with van der Waals surface area (Å²) in [6.45, 7) is 1.60. The number of ether oxygens (including phenoxy) is 2. The number of esters is 2. The van der Waals surface area contributed by atoms with Crippen molar-refractivity contribution in [2.24, 2.45) is 0 Å². The average Bonchev–Trinajstić information content (AvgIpc) is 3.36. The van der Waals surface area contributed by atoms with Gasteiger partial charge >= 0.3 is 11.9 Å². The van der Waals surface area contributed by atoms with Crippen LogP contribution in [0.4, 0.5) is 5.00 Å². The zero-order valence-electron chi connectivity index (χ0n) is 18.5. The third-order valence-electron chi connectivity index (χ3n) is 5.23. The molecule has 3 heterocycles. The fourth-order valence-electron chi connectivity index (χ4n) is 3.61. The molecule has 0 aliphatic heterocycles. The summed E-state index contributed by atoms with van der Waals surface area (Å²) in [5.74, 6) is -1.64. The van der Waals surface area contributed by atoms with E-state index in [1.54, 1.807) is 19.1 Å². The monoisotopic (exact) mass is 497 g/mol. The third-order valence-corrected chi connectivity index (χ3v) is 6.67. The second-order valence-electron chi connectivity index (χ2n) is 7.31. The van der Waals surface area contributed by atoms with Crippen LogP contribution in [-0.4, -0.2) is 41.5 Å². The first-order valence-electron chi connectivity index (χ1n) is 10.2. The van der Waals surface area contributed by atoms with Crippen LogP contribution >= 0.6 is 22.9 Å². The lowest BCUT2D eigenvalue weighted by atomic mass is 10.1. The quantitative estimate of drug-likeness (QED) is 0.385. The Bertz CT molecular complexity index is 1410. The summed E-state index contributed by atoms with van der Waals surface area (Å²) in [4.78, 5) is 42.6. The molecule has 0 radical (unpaired) electrons. The molecular weight excluding hydrogens is 478 g/mol. The number of carbonyl (C=O) groups excluding carboxylic acids is 3. The van der Waals surface area contributed by atoms with Crippen molar-refractivity contribution in [2.45, 2.75) is 13.3 Å². The van der Waals surface area contributed by atoms with Crippen LogP contribution in [0.15, 0.2) is 48.7 Å². The number of benzene rings is 1. The van der Waals surface area contributed by atoms with Crippen LogP contribution in [0.5, 0.6) is 0 Å². The minimum Gasteiger partial charge on any atom is -0.465 e. The second-order valence-corrected chi connectivity index (χ2v) is 8.77. The number of halogens is 1. The van der Waals surface area contributed by atoms with E-state index in [9.17, 15) is 14.4 Å². The minimum absolute atomic E-state index is 0.0335. The summed E-state index contributed by atoms with van der Waals surface area (Å²) in [7, 11) is 2.49. The molecular formula is C24H20ClN3O5S. The number of nitrogens with zero attached hydrogens (tertiary/aromatic N) is 2. The van der Waals surface area contributed by atoms with Gasteiger partial charge in [-0.2, -0.15) is 0 Å². The van der Waals surface area contributed by atoms with Gasteiger partial charge in [0.1, 0.15) is 15.5 Å². The van der Waals surface area contributed by atoms with E-state index >= 15 is 0 Å². The maximum Gasteiger partial charge on any atom is 0.348 e. The van der Waals surface area contributed by atoms with E-state index in [0.29, 0.717) is 27.6 Å². The predicted molar refractivity (Wildman–Crippen MR) is 130 cm³/mol. The summed E-state index contributed by atoms with van der Waals surface area (Å²) < 4.78 is 11.5. The molecule has 0 spiro atoms. The number of methoxy groups -OCH3 is 2. The molecule has 10 heteroatoms. The lowest BCUT2D eigenvalue weighted by Gasteiger charge is -2.08. The summed E-state index contributed by atoms with van der Waals surface area (Å²) in [6, 6.07) is 12.8. The zero-order valence-corrected chi connectivity index (χ0v) is 20.1. The predicted octanol–water partition coefficient (Wildman–Crippen LogP) is 4.78. The van der Waals surface area contributed by atoms with Gasteiger partial charge in [-0.1, -0.05) is 29.8 Å². The van der Waals surface area contributed by atoms with Gasteiger partial charge in [0.15, 0.2) is 0 Å². The minimum atomic E-state index is -0.657. The molecule has 0 fully saturated rings. The summed E-state index contributed by atoms with van der Waals surface area (Å²) >= 11 is 7.00. The molecule has 0 unspecified atom stereocenters. The number of amides is 1. The van der Waals surface area contributed by atoms with E-state index in [0.717, 1.165) is 16.9 Å². The van der Waals surface area contributed by atoms with Crippen molar-refractivity contribution in [3.63, 3.8) is 0 Å².